The molecular formula is C15H11ClFN3O2S. The van der Waals surface area contributed by atoms with Gasteiger partial charge in [0.05, 0.1) is 17.2 Å². The number of carbonyl (C=O) groups excluding carboxylic acids is 1. The third-order valence-electron chi connectivity index (χ3n) is 2.95. The van der Waals surface area contributed by atoms with Crippen molar-refractivity contribution in [3.05, 3.63) is 62.9 Å². The molecule has 0 spiro atoms. The van der Waals surface area contributed by atoms with Gasteiger partial charge in [0.2, 0.25) is 11.8 Å². The first-order valence-electron chi connectivity index (χ1n) is 6.69. The summed E-state index contributed by atoms with van der Waals surface area (Å²) in [4.78, 5) is 12.7. The topological polar surface area (TPSA) is 68.0 Å². The maximum atomic E-state index is 12.8. The minimum absolute atomic E-state index is 0.0368. The fourth-order valence-corrected chi connectivity index (χ4v) is 3.01. The number of carbonyl (C=O) groups is 1. The molecule has 23 heavy (non-hydrogen) atoms. The highest BCUT2D eigenvalue weighted by Gasteiger charge is 2.12. The van der Waals surface area contributed by atoms with E-state index in [1.165, 1.54) is 23.5 Å². The quantitative estimate of drug-likeness (QED) is 0.761. The average molecular weight is 352 g/mol. The summed E-state index contributed by atoms with van der Waals surface area (Å²) in [6, 6.07) is 9.57. The smallest absolute Gasteiger partial charge is 0.322 e. The van der Waals surface area contributed by atoms with Crippen molar-refractivity contribution >= 4 is 34.9 Å². The van der Waals surface area contributed by atoms with Crippen LogP contribution in [0.15, 0.2) is 40.8 Å². The van der Waals surface area contributed by atoms with Gasteiger partial charge in [0.15, 0.2) is 0 Å². The van der Waals surface area contributed by atoms with Gasteiger partial charge in [-0.3, -0.25) is 10.1 Å². The predicted molar refractivity (Wildman–Crippen MR) is 85.2 cm³/mol. The molecule has 0 bridgehead atoms. The van der Waals surface area contributed by atoms with Crippen LogP contribution < -0.4 is 5.32 Å². The summed E-state index contributed by atoms with van der Waals surface area (Å²) in [5.74, 6) is -0.229. The van der Waals surface area contributed by atoms with Crippen LogP contribution in [0.1, 0.15) is 16.3 Å². The van der Waals surface area contributed by atoms with Crippen LogP contribution in [0.5, 0.6) is 0 Å². The SMILES string of the molecule is O=C(Cc1ccc(Cl)s1)Nc1nnc(Cc2ccc(F)cc2)o1. The summed E-state index contributed by atoms with van der Waals surface area (Å²) in [7, 11) is 0. The van der Waals surface area contributed by atoms with Crippen molar-refractivity contribution in [1.29, 1.82) is 0 Å². The standard InChI is InChI=1S/C15H11ClFN3O2S/c16-12-6-5-11(23-12)8-13(21)18-15-20-19-14(22-15)7-9-1-3-10(17)4-2-9/h1-6H,7-8H2,(H,18,20,21). The van der Waals surface area contributed by atoms with Gasteiger partial charge in [0, 0.05) is 4.88 Å². The minimum Gasteiger partial charge on any atom is -0.407 e. The Kier molecular flexibility index (Phi) is 4.68. The van der Waals surface area contributed by atoms with Crippen molar-refractivity contribution < 1.29 is 13.6 Å². The van der Waals surface area contributed by atoms with Crippen LogP contribution in [0.3, 0.4) is 0 Å². The van der Waals surface area contributed by atoms with E-state index < -0.39 is 0 Å². The van der Waals surface area contributed by atoms with Gasteiger partial charge in [0.25, 0.3) is 0 Å². The van der Waals surface area contributed by atoms with E-state index in [0.717, 1.165) is 10.4 Å². The van der Waals surface area contributed by atoms with E-state index in [1.54, 1.807) is 24.3 Å². The number of anilines is 1. The second-order valence-corrected chi connectivity index (χ2v) is 6.53. The zero-order chi connectivity index (χ0) is 16.2. The van der Waals surface area contributed by atoms with Crippen LogP contribution in [0.25, 0.3) is 0 Å². The highest BCUT2D eigenvalue weighted by Crippen LogP contribution is 2.22. The molecule has 1 aromatic carbocycles. The summed E-state index contributed by atoms with van der Waals surface area (Å²) in [5.41, 5.74) is 0.834. The first-order chi connectivity index (χ1) is 11.1. The van der Waals surface area contributed by atoms with Crippen LogP contribution in [0, 0.1) is 5.82 Å². The van der Waals surface area contributed by atoms with Gasteiger partial charge in [-0.2, -0.15) is 0 Å². The Morgan fingerprint density at radius 2 is 2.00 bits per heavy atom. The predicted octanol–water partition coefficient (Wildman–Crippen LogP) is 3.70. The lowest BCUT2D eigenvalue weighted by atomic mass is 10.1. The van der Waals surface area contributed by atoms with Crippen LogP contribution in [-0.4, -0.2) is 16.1 Å². The Morgan fingerprint density at radius 3 is 2.70 bits per heavy atom. The summed E-state index contributed by atoms with van der Waals surface area (Å²) in [5, 5.41) is 10.2. The van der Waals surface area contributed by atoms with Gasteiger partial charge < -0.3 is 4.42 Å². The van der Waals surface area contributed by atoms with Gasteiger partial charge in [0.1, 0.15) is 5.82 Å². The Bertz CT molecular complexity index is 816. The number of thiophene rings is 1. The average Bonchev–Trinajstić information content (AvgIpc) is 3.11. The Labute approximate surface area is 140 Å². The number of benzene rings is 1. The molecule has 0 aliphatic heterocycles. The molecule has 1 N–H and O–H groups in total. The summed E-state index contributed by atoms with van der Waals surface area (Å²) < 4.78 is 18.8. The lowest BCUT2D eigenvalue weighted by Gasteiger charge is -1.98. The normalized spacial score (nSPS) is 10.7. The van der Waals surface area contributed by atoms with Gasteiger partial charge in [-0.1, -0.05) is 28.8 Å². The molecule has 3 aromatic rings. The molecule has 5 nitrogen and oxygen atoms in total. The molecule has 0 aliphatic carbocycles. The lowest BCUT2D eigenvalue weighted by molar-refractivity contribution is -0.115. The molecule has 3 rings (SSSR count). The molecule has 8 heteroatoms. The largest absolute Gasteiger partial charge is 0.407 e. The van der Waals surface area contributed by atoms with E-state index in [4.69, 9.17) is 16.0 Å². The van der Waals surface area contributed by atoms with E-state index in [2.05, 4.69) is 15.5 Å². The Hall–Kier alpha value is -2.25. The number of hydrogen-bond acceptors (Lipinski definition) is 5. The molecule has 2 aromatic heterocycles. The van der Waals surface area contributed by atoms with Gasteiger partial charge in [-0.25, -0.2) is 4.39 Å². The first-order valence-corrected chi connectivity index (χ1v) is 7.89. The number of hydrogen-bond donors (Lipinski definition) is 1. The molecule has 0 aliphatic rings. The summed E-state index contributed by atoms with van der Waals surface area (Å²) in [6.45, 7) is 0. The van der Waals surface area contributed by atoms with E-state index >= 15 is 0 Å². The van der Waals surface area contributed by atoms with Crippen LogP contribution >= 0.6 is 22.9 Å². The summed E-state index contributed by atoms with van der Waals surface area (Å²) >= 11 is 7.16. The van der Waals surface area contributed by atoms with Crippen LogP contribution in [0.2, 0.25) is 4.34 Å². The van der Waals surface area contributed by atoms with Crippen LogP contribution in [0.4, 0.5) is 10.4 Å². The fourth-order valence-electron chi connectivity index (χ4n) is 1.92. The zero-order valence-corrected chi connectivity index (χ0v) is 13.3. The highest BCUT2D eigenvalue weighted by molar-refractivity contribution is 7.16. The second-order valence-electron chi connectivity index (χ2n) is 4.73. The molecule has 0 atom stereocenters. The highest BCUT2D eigenvalue weighted by atomic mass is 35.5. The zero-order valence-electron chi connectivity index (χ0n) is 11.8. The van der Waals surface area contributed by atoms with Crippen molar-refractivity contribution in [3.8, 4) is 0 Å². The van der Waals surface area contributed by atoms with Gasteiger partial charge in [-0.05, 0) is 29.8 Å². The van der Waals surface area contributed by atoms with Gasteiger partial charge >= 0.3 is 6.01 Å². The molecule has 0 unspecified atom stereocenters. The van der Waals surface area contributed by atoms with Crippen molar-refractivity contribution in [2.75, 3.05) is 5.32 Å². The summed E-state index contributed by atoms with van der Waals surface area (Å²) in [6.07, 6.45) is 0.552. The number of aromatic nitrogens is 2. The van der Waals surface area contributed by atoms with Crippen molar-refractivity contribution in [2.45, 2.75) is 12.8 Å². The maximum Gasteiger partial charge on any atom is 0.322 e. The van der Waals surface area contributed by atoms with Gasteiger partial charge in [-0.15, -0.1) is 16.4 Å². The number of halogens is 2. The third kappa shape index (κ3) is 4.37. The Balaban J connectivity index is 1.58. The van der Waals surface area contributed by atoms with E-state index in [1.807, 2.05) is 0 Å². The number of amides is 1. The molecule has 2 heterocycles. The first kappa shape index (κ1) is 15.6. The molecule has 0 saturated heterocycles. The molecule has 118 valence electrons. The molecule has 0 fully saturated rings. The van der Waals surface area contributed by atoms with Crippen molar-refractivity contribution in [1.82, 2.24) is 10.2 Å². The van der Waals surface area contributed by atoms with Crippen LogP contribution in [-0.2, 0) is 17.6 Å². The minimum atomic E-state index is -0.305. The van der Waals surface area contributed by atoms with Crippen molar-refractivity contribution in [3.63, 3.8) is 0 Å². The molecule has 0 radical (unpaired) electrons. The van der Waals surface area contributed by atoms with E-state index in [9.17, 15) is 9.18 Å². The van der Waals surface area contributed by atoms with Crippen molar-refractivity contribution in [2.24, 2.45) is 0 Å². The molecular weight excluding hydrogens is 341 g/mol. The van der Waals surface area contributed by atoms with E-state index in [0.29, 0.717) is 16.6 Å². The molecule has 0 saturated carbocycles. The third-order valence-corrected chi connectivity index (χ3v) is 4.18. The second kappa shape index (κ2) is 6.89. The van der Waals surface area contributed by atoms with E-state index in [-0.39, 0.29) is 24.2 Å². The fraction of sp³-hybridized carbons (Fsp3) is 0.133. The number of nitrogens with one attached hydrogen (secondary N) is 1. The monoisotopic (exact) mass is 351 g/mol. The number of nitrogens with zero attached hydrogens (tertiary/aromatic N) is 2. The lowest BCUT2D eigenvalue weighted by Crippen LogP contribution is -2.13. The molecule has 1 amide bonds. The maximum absolute atomic E-state index is 12.8. The number of rotatable bonds is 5. The Morgan fingerprint density at radius 1 is 1.22 bits per heavy atom.